The van der Waals surface area contributed by atoms with Crippen molar-refractivity contribution in [2.75, 3.05) is 0 Å². The molecule has 0 aromatic heterocycles. The van der Waals surface area contributed by atoms with Crippen LogP contribution in [0.1, 0.15) is 10.4 Å². The van der Waals surface area contributed by atoms with Gasteiger partial charge in [-0.1, -0.05) is 42.6 Å². The van der Waals surface area contributed by atoms with Crippen LogP contribution in [0.4, 0.5) is 19.4 Å². The number of halogens is 7. The van der Waals surface area contributed by atoms with E-state index in [0.29, 0.717) is 0 Å². The molecular formula is C8H5Cl2F5OS. The lowest BCUT2D eigenvalue weighted by Crippen LogP contribution is -2.28. The van der Waals surface area contributed by atoms with Gasteiger partial charge < -0.3 is 0 Å². The molecule has 1 aromatic carbocycles. The Balaban J connectivity index is 3.13. The first-order valence-corrected chi connectivity index (χ1v) is 6.81. The van der Waals surface area contributed by atoms with E-state index >= 15 is 0 Å². The van der Waals surface area contributed by atoms with Crippen LogP contribution in [-0.4, -0.2) is 10.5 Å². The van der Waals surface area contributed by atoms with Gasteiger partial charge >= 0.3 is 10.2 Å². The van der Waals surface area contributed by atoms with E-state index in [1.807, 2.05) is 0 Å². The lowest BCUT2D eigenvalue weighted by atomic mass is 10.1. The molecule has 9 heteroatoms. The van der Waals surface area contributed by atoms with Gasteiger partial charge in [0, 0.05) is 10.6 Å². The average molecular weight is 315 g/mol. The normalized spacial score (nSPS) is 18.1. The van der Waals surface area contributed by atoms with Gasteiger partial charge in [-0.2, -0.15) is 0 Å². The molecule has 1 nitrogen and oxygen atoms in total. The zero-order chi connectivity index (χ0) is 13.5. The molecule has 0 spiro atoms. The first kappa shape index (κ1) is 14.5. The largest absolute Gasteiger partial charge is 0.307 e. The second-order valence-electron chi connectivity index (χ2n) is 3.22. The van der Waals surface area contributed by atoms with E-state index in [2.05, 4.69) is 11.6 Å². The Morgan fingerprint density at radius 2 is 1.47 bits per heavy atom. The van der Waals surface area contributed by atoms with E-state index < -0.39 is 26.3 Å². The van der Waals surface area contributed by atoms with Crippen molar-refractivity contribution in [1.82, 2.24) is 0 Å². The lowest BCUT2D eigenvalue weighted by molar-refractivity contribution is 0.0996. The number of rotatable bonds is 3. The van der Waals surface area contributed by atoms with Crippen LogP contribution in [-0.2, 0) is 0 Å². The molecular weight excluding hydrogens is 310 g/mol. The average Bonchev–Trinajstić information content (AvgIpc) is 2.13. The summed E-state index contributed by atoms with van der Waals surface area (Å²) in [5.74, 6) is -1.90. The van der Waals surface area contributed by atoms with Crippen LogP contribution >= 0.6 is 33.4 Å². The highest BCUT2D eigenvalue weighted by Crippen LogP contribution is 3.01. The number of ketones is 1. The molecule has 0 fully saturated rings. The molecule has 0 saturated carbocycles. The van der Waals surface area contributed by atoms with Crippen LogP contribution in [0.3, 0.4) is 0 Å². The molecule has 0 aliphatic rings. The summed E-state index contributed by atoms with van der Waals surface area (Å²) >= 11 is 9.99. The van der Waals surface area contributed by atoms with Crippen molar-refractivity contribution >= 4 is 39.2 Å². The summed E-state index contributed by atoms with van der Waals surface area (Å²) in [6.45, 7) is 0. The quantitative estimate of drug-likeness (QED) is 0.415. The summed E-state index contributed by atoms with van der Waals surface area (Å²) in [5.41, 5.74) is -0.581. The van der Waals surface area contributed by atoms with Crippen molar-refractivity contribution in [1.29, 1.82) is 0 Å². The van der Waals surface area contributed by atoms with E-state index in [4.69, 9.17) is 11.6 Å². The lowest BCUT2D eigenvalue weighted by Gasteiger charge is -2.43. The van der Waals surface area contributed by atoms with Gasteiger partial charge in [-0.05, 0) is 24.3 Å². The summed E-state index contributed by atoms with van der Waals surface area (Å²) < 4.78 is 57.4. The van der Waals surface area contributed by atoms with Gasteiger partial charge in [-0.25, -0.2) is 0 Å². The highest BCUT2D eigenvalue weighted by molar-refractivity contribution is 8.47. The minimum atomic E-state index is -10.0. The summed E-state index contributed by atoms with van der Waals surface area (Å²) in [5, 5.41) is 0.153. The van der Waals surface area contributed by atoms with Gasteiger partial charge in [-0.3, -0.25) is 4.79 Å². The molecule has 1 unspecified atom stereocenters. The Labute approximate surface area is 103 Å². The van der Waals surface area contributed by atoms with Crippen molar-refractivity contribution in [2.45, 2.75) is 4.71 Å². The Hall–Kier alpha value is -0.530. The Bertz CT molecular complexity index is 454. The van der Waals surface area contributed by atoms with E-state index in [1.54, 1.807) is 0 Å². The summed E-state index contributed by atoms with van der Waals surface area (Å²) in [6, 6.07) is 3.99. The Kier molecular flexibility index (Phi) is 2.98. The number of hydrogen-bond acceptors (Lipinski definition) is 1. The minimum absolute atomic E-state index is 0.153. The zero-order valence-electron chi connectivity index (χ0n) is 7.85. The predicted molar refractivity (Wildman–Crippen MR) is 58.6 cm³/mol. The van der Waals surface area contributed by atoms with Crippen LogP contribution in [0.5, 0.6) is 0 Å². The van der Waals surface area contributed by atoms with E-state index in [1.165, 1.54) is 0 Å². The number of hydrogen-bond donors (Lipinski definition) is 0. The molecule has 0 aliphatic carbocycles. The third-order valence-corrected chi connectivity index (χ3v) is 4.18. The molecule has 0 radical (unpaired) electrons. The maximum Gasteiger partial charge on any atom is 0.307 e. The predicted octanol–water partition coefficient (Wildman–Crippen LogP) is 5.39. The number of alkyl halides is 1. The third-order valence-electron chi connectivity index (χ3n) is 1.73. The maximum absolute atomic E-state index is 12.2. The zero-order valence-corrected chi connectivity index (χ0v) is 10.2. The monoisotopic (exact) mass is 314 g/mol. The van der Waals surface area contributed by atoms with Crippen LogP contribution in [0.2, 0.25) is 5.02 Å². The summed E-state index contributed by atoms with van der Waals surface area (Å²) in [4.78, 5) is 11.2. The highest BCUT2D eigenvalue weighted by atomic mass is 35.5. The molecule has 0 amide bonds. The Morgan fingerprint density at radius 1 is 1.06 bits per heavy atom. The molecule has 0 bridgehead atoms. The standard InChI is InChI=1S/C8H5Cl2F5OS/c9-6-3-1-5(2-4-6)7(16)8(10)17(11,12,13,14)15/h1-4,8H. The molecule has 0 aliphatic heterocycles. The first-order valence-electron chi connectivity index (χ1n) is 3.98. The fraction of sp³-hybridized carbons (Fsp3) is 0.125. The Morgan fingerprint density at radius 3 is 1.82 bits per heavy atom. The van der Waals surface area contributed by atoms with Gasteiger partial charge in [0.25, 0.3) is 0 Å². The van der Waals surface area contributed by atoms with Crippen molar-refractivity contribution < 1.29 is 24.2 Å². The maximum atomic E-state index is 12.2. The van der Waals surface area contributed by atoms with Gasteiger partial charge in [-0.15, -0.1) is 0 Å². The van der Waals surface area contributed by atoms with E-state index in [0.717, 1.165) is 24.3 Å². The molecule has 1 aromatic rings. The number of benzene rings is 1. The van der Waals surface area contributed by atoms with Crippen molar-refractivity contribution in [3.8, 4) is 0 Å². The van der Waals surface area contributed by atoms with Gasteiger partial charge in [0.1, 0.15) is 0 Å². The smallest absolute Gasteiger partial charge is 0.291 e. The molecule has 0 heterocycles. The second-order valence-corrected chi connectivity index (χ2v) is 6.88. The van der Waals surface area contributed by atoms with Crippen molar-refractivity contribution in [3.63, 3.8) is 0 Å². The summed E-state index contributed by atoms with van der Waals surface area (Å²) in [7, 11) is -10.0. The highest BCUT2D eigenvalue weighted by Gasteiger charge is 2.72. The summed E-state index contributed by atoms with van der Waals surface area (Å²) in [6.07, 6.45) is 0. The van der Waals surface area contributed by atoms with Crippen molar-refractivity contribution in [3.05, 3.63) is 34.9 Å². The fourth-order valence-corrected chi connectivity index (χ4v) is 1.74. The molecule has 1 rings (SSSR count). The third kappa shape index (κ3) is 3.72. The minimum Gasteiger partial charge on any atom is -0.291 e. The van der Waals surface area contributed by atoms with Gasteiger partial charge in [0.05, 0.1) is 0 Å². The number of carbonyl (C=O) groups excluding carboxylic acids is 1. The van der Waals surface area contributed by atoms with Gasteiger partial charge in [0.15, 0.2) is 5.78 Å². The van der Waals surface area contributed by atoms with Crippen LogP contribution in [0, 0.1) is 0 Å². The van der Waals surface area contributed by atoms with Gasteiger partial charge in [0.2, 0.25) is 4.71 Å². The molecule has 0 N–H and O–H groups in total. The van der Waals surface area contributed by atoms with Crippen LogP contribution in [0.25, 0.3) is 0 Å². The first-order chi connectivity index (χ1) is 7.31. The fourth-order valence-electron chi connectivity index (χ4n) is 0.947. The second kappa shape index (κ2) is 3.49. The van der Waals surface area contributed by atoms with E-state index in [9.17, 15) is 24.2 Å². The van der Waals surface area contributed by atoms with Crippen molar-refractivity contribution in [2.24, 2.45) is 0 Å². The number of carbonyl (C=O) groups is 1. The van der Waals surface area contributed by atoms with E-state index in [-0.39, 0.29) is 5.02 Å². The topological polar surface area (TPSA) is 17.1 Å². The molecule has 98 valence electrons. The molecule has 1 atom stereocenters. The molecule has 0 saturated heterocycles. The van der Waals surface area contributed by atoms with Crippen LogP contribution in [0.15, 0.2) is 24.3 Å². The SMILES string of the molecule is O=C(c1ccc(Cl)cc1)C(Cl)S(F)(F)(F)(F)F. The number of Topliss-reactive ketones (excluding diaryl/α,β-unsaturated/α-hetero) is 1. The molecule has 17 heavy (non-hydrogen) atoms. The van der Waals surface area contributed by atoms with Crippen LogP contribution < -0.4 is 0 Å².